The van der Waals surface area contributed by atoms with E-state index in [2.05, 4.69) is 16.7 Å². The van der Waals surface area contributed by atoms with E-state index in [1.54, 1.807) is 24.3 Å². The molecule has 1 heterocycles. The van der Waals surface area contributed by atoms with Crippen molar-refractivity contribution in [2.45, 2.75) is 36.6 Å². The first-order chi connectivity index (χ1) is 10.1. The van der Waals surface area contributed by atoms with Crippen LogP contribution >= 0.6 is 0 Å². The average Bonchev–Trinajstić information content (AvgIpc) is 2.48. The van der Waals surface area contributed by atoms with E-state index >= 15 is 0 Å². The third-order valence-corrected chi connectivity index (χ3v) is 6.48. The van der Waals surface area contributed by atoms with E-state index in [1.807, 2.05) is 6.07 Å². The number of likely N-dealkylation sites (tertiary alicyclic amines) is 1. The predicted octanol–water partition coefficient (Wildman–Crippen LogP) is 2.09. The third kappa shape index (κ3) is 3.30. The largest absolute Gasteiger partial charge is 0.306 e. The van der Waals surface area contributed by atoms with E-state index < -0.39 is 10.0 Å². The number of sulfonamides is 1. The maximum Gasteiger partial charge on any atom is 0.240 e. The fraction of sp³-hybridized carbons (Fsp3) is 0.625. The van der Waals surface area contributed by atoms with Crippen LogP contribution in [0.5, 0.6) is 0 Å². The van der Waals surface area contributed by atoms with Crippen molar-refractivity contribution in [3.05, 3.63) is 30.3 Å². The first-order valence-corrected chi connectivity index (χ1v) is 9.30. The Morgan fingerprint density at radius 1 is 1.14 bits per heavy atom. The van der Waals surface area contributed by atoms with Crippen LogP contribution in [0.4, 0.5) is 0 Å². The van der Waals surface area contributed by atoms with Crippen LogP contribution in [0.1, 0.15) is 25.7 Å². The minimum absolute atomic E-state index is 0.0803. The molecule has 2 fully saturated rings. The third-order valence-electron chi connectivity index (χ3n) is 4.98. The highest BCUT2D eigenvalue weighted by Crippen LogP contribution is 2.36. The number of hydrogen-bond donors (Lipinski definition) is 1. The Hall–Kier alpha value is -0.910. The van der Waals surface area contributed by atoms with Crippen LogP contribution in [-0.2, 0) is 10.0 Å². The van der Waals surface area contributed by atoms with Gasteiger partial charge in [-0.2, -0.15) is 0 Å². The van der Waals surface area contributed by atoms with Crippen molar-refractivity contribution < 1.29 is 8.42 Å². The van der Waals surface area contributed by atoms with Crippen LogP contribution in [-0.4, -0.2) is 39.5 Å². The van der Waals surface area contributed by atoms with Gasteiger partial charge in [0.05, 0.1) is 4.90 Å². The van der Waals surface area contributed by atoms with E-state index in [-0.39, 0.29) is 6.04 Å². The molecule has 1 N–H and O–H groups in total. The van der Waals surface area contributed by atoms with Gasteiger partial charge in [-0.1, -0.05) is 24.6 Å². The fourth-order valence-corrected chi connectivity index (χ4v) is 5.18. The minimum Gasteiger partial charge on any atom is -0.306 e. The van der Waals surface area contributed by atoms with Crippen molar-refractivity contribution in [2.24, 2.45) is 11.8 Å². The molecule has 1 aliphatic heterocycles. The minimum atomic E-state index is -3.40. The molecule has 1 aromatic carbocycles. The summed E-state index contributed by atoms with van der Waals surface area (Å²) in [6.45, 7) is 2.14. The summed E-state index contributed by atoms with van der Waals surface area (Å²) in [4.78, 5) is 2.70. The Bertz CT molecular complexity index is 573. The second kappa shape index (κ2) is 6.07. The molecule has 116 valence electrons. The molecular weight excluding hydrogens is 284 g/mol. The number of piperidine rings is 1. The molecule has 0 bridgehead atoms. The summed E-state index contributed by atoms with van der Waals surface area (Å²) >= 11 is 0. The number of nitrogens with zero attached hydrogens (tertiary/aromatic N) is 1. The van der Waals surface area contributed by atoms with Crippen LogP contribution < -0.4 is 4.72 Å². The summed E-state index contributed by atoms with van der Waals surface area (Å²) in [5.41, 5.74) is 0. The summed E-state index contributed by atoms with van der Waals surface area (Å²) in [6, 6.07) is 8.78. The maximum atomic E-state index is 12.5. The molecule has 3 rings (SSSR count). The van der Waals surface area contributed by atoms with E-state index in [9.17, 15) is 8.42 Å². The van der Waals surface area contributed by atoms with Crippen molar-refractivity contribution in [3.63, 3.8) is 0 Å². The van der Waals surface area contributed by atoms with Crippen LogP contribution in [0.25, 0.3) is 0 Å². The zero-order chi connectivity index (χ0) is 14.9. The first kappa shape index (κ1) is 15.0. The number of nitrogens with one attached hydrogen (secondary N) is 1. The van der Waals surface area contributed by atoms with E-state index in [4.69, 9.17) is 0 Å². The van der Waals surface area contributed by atoms with Crippen molar-refractivity contribution in [3.8, 4) is 0 Å². The summed E-state index contributed by atoms with van der Waals surface area (Å²) < 4.78 is 28.0. The lowest BCUT2D eigenvalue weighted by molar-refractivity contribution is 0.0833. The van der Waals surface area contributed by atoms with E-state index in [0.29, 0.717) is 16.7 Å². The van der Waals surface area contributed by atoms with Gasteiger partial charge < -0.3 is 4.90 Å². The molecule has 0 aromatic heterocycles. The smallest absolute Gasteiger partial charge is 0.240 e. The highest BCUT2D eigenvalue weighted by Gasteiger charge is 2.38. The molecule has 0 radical (unpaired) electrons. The lowest BCUT2D eigenvalue weighted by atomic mass is 9.72. The van der Waals surface area contributed by atoms with Gasteiger partial charge in [-0.25, -0.2) is 13.1 Å². The van der Waals surface area contributed by atoms with E-state index in [0.717, 1.165) is 25.9 Å². The van der Waals surface area contributed by atoms with Crippen molar-refractivity contribution in [2.75, 3.05) is 20.1 Å². The highest BCUT2D eigenvalue weighted by molar-refractivity contribution is 7.89. The van der Waals surface area contributed by atoms with Gasteiger partial charge in [-0.3, -0.25) is 0 Å². The van der Waals surface area contributed by atoms with Gasteiger partial charge in [0.1, 0.15) is 0 Å². The van der Waals surface area contributed by atoms with Gasteiger partial charge >= 0.3 is 0 Å². The van der Waals surface area contributed by atoms with Crippen molar-refractivity contribution in [1.82, 2.24) is 9.62 Å². The Morgan fingerprint density at radius 3 is 2.67 bits per heavy atom. The SMILES string of the molecule is CN1CC[C@H]2CCCC(NS(=O)(=O)c3ccccc3)[C@@H]2C1. The molecule has 1 unspecified atom stereocenters. The quantitative estimate of drug-likeness (QED) is 0.930. The molecule has 2 aliphatic rings. The Balaban J connectivity index is 1.77. The number of benzene rings is 1. The molecule has 0 amide bonds. The van der Waals surface area contributed by atoms with Crippen LogP contribution in [0.3, 0.4) is 0 Å². The lowest BCUT2D eigenvalue weighted by Gasteiger charge is -2.44. The van der Waals surface area contributed by atoms with Crippen molar-refractivity contribution in [1.29, 1.82) is 0 Å². The molecule has 1 aliphatic carbocycles. The molecule has 1 saturated carbocycles. The molecule has 1 aromatic rings. The summed E-state index contributed by atoms with van der Waals surface area (Å²) in [7, 11) is -1.26. The number of hydrogen-bond acceptors (Lipinski definition) is 3. The van der Waals surface area contributed by atoms with Gasteiger partial charge in [-0.05, 0) is 56.8 Å². The zero-order valence-corrected chi connectivity index (χ0v) is 13.3. The molecule has 4 nitrogen and oxygen atoms in total. The van der Waals surface area contributed by atoms with Gasteiger partial charge in [-0.15, -0.1) is 0 Å². The summed E-state index contributed by atoms with van der Waals surface area (Å²) in [5.74, 6) is 1.13. The highest BCUT2D eigenvalue weighted by atomic mass is 32.2. The van der Waals surface area contributed by atoms with Gasteiger partial charge in [0, 0.05) is 12.6 Å². The predicted molar refractivity (Wildman–Crippen MR) is 83.5 cm³/mol. The Morgan fingerprint density at radius 2 is 1.90 bits per heavy atom. The second-order valence-corrected chi connectivity index (χ2v) is 8.16. The van der Waals surface area contributed by atoms with Crippen LogP contribution in [0, 0.1) is 11.8 Å². The monoisotopic (exact) mass is 308 g/mol. The molecular formula is C16H24N2O2S. The molecule has 21 heavy (non-hydrogen) atoms. The van der Waals surface area contributed by atoms with E-state index in [1.165, 1.54) is 12.8 Å². The Kier molecular flexibility index (Phi) is 4.33. The first-order valence-electron chi connectivity index (χ1n) is 7.82. The molecule has 5 heteroatoms. The second-order valence-electron chi connectivity index (χ2n) is 6.45. The van der Waals surface area contributed by atoms with Gasteiger partial charge in [0.25, 0.3) is 0 Å². The lowest BCUT2D eigenvalue weighted by Crippen LogP contribution is -2.52. The van der Waals surface area contributed by atoms with Crippen LogP contribution in [0.2, 0.25) is 0 Å². The normalized spacial score (nSPS) is 30.8. The fourth-order valence-electron chi connectivity index (χ4n) is 3.84. The van der Waals surface area contributed by atoms with Crippen LogP contribution in [0.15, 0.2) is 35.2 Å². The Labute approximate surface area is 127 Å². The standard InChI is InChI=1S/C16H24N2O2S/c1-18-11-10-13-6-5-9-16(15(13)12-18)17-21(19,20)14-7-3-2-4-8-14/h2-4,7-8,13,15-17H,5-6,9-12H2,1H3/t13-,15-,16?/m1/s1. The maximum absolute atomic E-state index is 12.5. The summed E-state index contributed by atoms with van der Waals surface area (Å²) in [5, 5.41) is 0. The number of fused-ring (bicyclic) bond motifs is 1. The van der Waals surface area contributed by atoms with Gasteiger partial charge in [0.15, 0.2) is 0 Å². The number of rotatable bonds is 3. The molecule has 3 atom stereocenters. The van der Waals surface area contributed by atoms with Gasteiger partial charge in [0.2, 0.25) is 10.0 Å². The summed E-state index contributed by atoms with van der Waals surface area (Å²) in [6.07, 6.45) is 4.54. The van der Waals surface area contributed by atoms with Crippen molar-refractivity contribution >= 4 is 10.0 Å². The molecule has 0 spiro atoms. The molecule has 1 saturated heterocycles. The average molecular weight is 308 g/mol. The zero-order valence-electron chi connectivity index (χ0n) is 12.5. The topological polar surface area (TPSA) is 49.4 Å².